The number of nitrogens with one attached hydrogen (secondary N) is 1. The van der Waals surface area contributed by atoms with E-state index in [0.29, 0.717) is 27.5 Å². The number of hydrogen-bond acceptors (Lipinski definition) is 2. The molecule has 100 valence electrons. The van der Waals surface area contributed by atoms with Crippen LogP contribution in [0.4, 0.5) is 4.39 Å². The van der Waals surface area contributed by atoms with Crippen molar-refractivity contribution in [1.82, 2.24) is 10.2 Å². The normalized spacial score (nSPS) is 10.7. The highest BCUT2D eigenvalue weighted by atomic mass is 35.5. The van der Waals surface area contributed by atoms with Gasteiger partial charge < -0.3 is 5.11 Å². The van der Waals surface area contributed by atoms with Crippen LogP contribution >= 0.6 is 11.6 Å². The molecule has 0 spiro atoms. The monoisotopic (exact) mass is 288 g/mol. The molecule has 0 aliphatic heterocycles. The first-order valence-electron chi connectivity index (χ1n) is 5.94. The summed E-state index contributed by atoms with van der Waals surface area (Å²) < 4.78 is 13.7. The van der Waals surface area contributed by atoms with Gasteiger partial charge in [-0.05, 0) is 36.4 Å². The van der Waals surface area contributed by atoms with E-state index in [1.807, 2.05) is 0 Å². The number of aromatic nitrogens is 2. The van der Waals surface area contributed by atoms with Gasteiger partial charge in [-0.3, -0.25) is 5.10 Å². The van der Waals surface area contributed by atoms with Gasteiger partial charge in [0, 0.05) is 16.1 Å². The highest BCUT2D eigenvalue weighted by Gasteiger charge is 2.12. The topological polar surface area (TPSA) is 48.9 Å². The summed E-state index contributed by atoms with van der Waals surface area (Å²) in [6.45, 7) is 0. The van der Waals surface area contributed by atoms with Crippen molar-refractivity contribution in [2.45, 2.75) is 0 Å². The van der Waals surface area contributed by atoms with E-state index in [2.05, 4.69) is 10.2 Å². The molecule has 2 aromatic carbocycles. The molecule has 3 nitrogen and oxygen atoms in total. The number of aromatic hydroxyl groups is 1. The van der Waals surface area contributed by atoms with Crippen molar-refractivity contribution in [3.8, 4) is 28.3 Å². The van der Waals surface area contributed by atoms with Gasteiger partial charge in [0.05, 0.1) is 11.4 Å². The van der Waals surface area contributed by atoms with Crippen LogP contribution in [0.15, 0.2) is 48.5 Å². The van der Waals surface area contributed by atoms with Crippen LogP contribution in [-0.4, -0.2) is 15.3 Å². The molecule has 0 bridgehead atoms. The molecule has 0 radical (unpaired) electrons. The third-order valence-electron chi connectivity index (χ3n) is 2.98. The van der Waals surface area contributed by atoms with Crippen LogP contribution in [0.25, 0.3) is 22.5 Å². The van der Waals surface area contributed by atoms with Crippen molar-refractivity contribution in [3.05, 3.63) is 59.4 Å². The minimum absolute atomic E-state index is 0.0704. The summed E-state index contributed by atoms with van der Waals surface area (Å²) in [6, 6.07) is 12.8. The molecule has 0 atom stereocenters. The number of hydrogen-bond donors (Lipinski definition) is 2. The molecular weight excluding hydrogens is 279 g/mol. The summed E-state index contributed by atoms with van der Waals surface area (Å²) in [4.78, 5) is 0. The minimum Gasteiger partial charge on any atom is -0.507 e. The zero-order valence-corrected chi connectivity index (χ0v) is 11.0. The van der Waals surface area contributed by atoms with E-state index >= 15 is 0 Å². The number of H-pyrrole nitrogens is 1. The highest BCUT2D eigenvalue weighted by Crippen LogP contribution is 2.32. The van der Waals surface area contributed by atoms with Gasteiger partial charge in [-0.2, -0.15) is 5.10 Å². The predicted octanol–water partition coefficient (Wildman–Crippen LogP) is 4.24. The van der Waals surface area contributed by atoms with Crippen LogP contribution < -0.4 is 0 Å². The molecule has 0 aliphatic carbocycles. The first-order chi connectivity index (χ1) is 9.65. The first kappa shape index (κ1) is 12.7. The molecule has 2 N–H and O–H groups in total. The molecule has 20 heavy (non-hydrogen) atoms. The average molecular weight is 289 g/mol. The van der Waals surface area contributed by atoms with Crippen molar-refractivity contribution < 1.29 is 9.50 Å². The quantitative estimate of drug-likeness (QED) is 0.741. The summed E-state index contributed by atoms with van der Waals surface area (Å²) in [5, 5.41) is 17.2. The fourth-order valence-corrected chi connectivity index (χ4v) is 2.16. The number of phenolic OH excluding ortho intramolecular Hbond substituents is 1. The predicted molar refractivity (Wildman–Crippen MR) is 76.1 cm³/mol. The van der Waals surface area contributed by atoms with E-state index in [0.717, 1.165) is 0 Å². The van der Waals surface area contributed by atoms with Gasteiger partial charge in [-0.1, -0.05) is 23.7 Å². The molecule has 0 saturated heterocycles. The molecule has 0 unspecified atom stereocenters. The van der Waals surface area contributed by atoms with Gasteiger partial charge in [0.1, 0.15) is 11.6 Å². The smallest absolute Gasteiger partial charge is 0.132 e. The summed E-state index contributed by atoms with van der Waals surface area (Å²) in [5.41, 5.74) is 1.96. The van der Waals surface area contributed by atoms with Crippen LogP contribution in [0.3, 0.4) is 0 Å². The average Bonchev–Trinajstić information content (AvgIpc) is 2.91. The molecule has 3 rings (SSSR count). The van der Waals surface area contributed by atoms with Crippen molar-refractivity contribution in [2.75, 3.05) is 0 Å². The van der Waals surface area contributed by atoms with Crippen molar-refractivity contribution >= 4 is 11.6 Å². The SMILES string of the molecule is Oc1ccc(Cl)cc1-c1cc(-c2ccccc2F)[nH]n1. The Bertz CT molecular complexity index is 770. The number of rotatable bonds is 2. The van der Waals surface area contributed by atoms with Gasteiger partial charge in [0.25, 0.3) is 0 Å². The molecular formula is C15H10ClFN2O. The molecule has 0 saturated carbocycles. The fourth-order valence-electron chi connectivity index (χ4n) is 1.99. The lowest BCUT2D eigenvalue weighted by Crippen LogP contribution is -1.82. The molecule has 0 fully saturated rings. The van der Waals surface area contributed by atoms with E-state index in [-0.39, 0.29) is 11.6 Å². The first-order valence-corrected chi connectivity index (χ1v) is 6.32. The van der Waals surface area contributed by atoms with E-state index in [9.17, 15) is 9.50 Å². The van der Waals surface area contributed by atoms with Crippen LogP contribution in [0.1, 0.15) is 0 Å². The van der Waals surface area contributed by atoms with Gasteiger partial charge in [-0.15, -0.1) is 0 Å². The van der Waals surface area contributed by atoms with Crippen molar-refractivity contribution in [3.63, 3.8) is 0 Å². The largest absolute Gasteiger partial charge is 0.507 e. The fraction of sp³-hybridized carbons (Fsp3) is 0. The van der Waals surface area contributed by atoms with Gasteiger partial charge in [0.2, 0.25) is 0 Å². The van der Waals surface area contributed by atoms with Gasteiger partial charge >= 0.3 is 0 Å². The summed E-state index contributed by atoms with van der Waals surface area (Å²) in [5.74, 6) is -0.265. The maximum atomic E-state index is 13.7. The molecule has 1 heterocycles. The Kier molecular flexibility index (Phi) is 3.16. The Morgan fingerprint density at radius 3 is 2.65 bits per heavy atom. The number of aromatic amines is 1. The van der Waals surface area contributed by atoms with Gasteiger partial charge in [-0.25, -0.2) is 4.39 Å². The van der Waals surface area contributed by atoms with Crippen LogP contribution in [0, 0.1) is 5.82 Å². The summed E-state index contributed by atoms with van der Waals surface area (Å²) >= 11 is 5.91. The third-order valence-corrected chi connectivity index (χ3v) is 3.21. The maximum absolute atomic E-state index is 13.7. The Balaban J connectivity index is 2.07. The number of benzene rings is 2. The Morgan fingerprint density at radius 2 is 1.85 bits per heavy atom. The van der Waals surface area contributed by atoms with E-state index in [1.165, 1.54) is 12.1 Å². The zero-order valence-electron chi connectivity index (χ0n) is 10.3. The minimum atomic E-state index is -0.335. The van der Waals surface area contributed by atoms with E-state index in [4.69, 9.17) is 11.6 Å². The second-order valence-electron chi connectivity index (χ2n) is 4.31. The molecule has 0 amide bonds. The van der Waals surface area contributed by atoms with Crippen LogP contribution in [-0.2, 0) is 0 Å². The third kappa shape index (κ3) is 2.26. The summed E-state index contributed by atoms with van der Waals surface area (Å²) in [7, 11) is 0. The second-order valence-corrected chi connectivity index (χ2v) is 4.74. The Hall–Kier alpha value is -2.33. The standard InChI is InChI=1S/C15H10ClFN2O/c16-9-5-6-15(20)11(7-9)14-8-13(18-19-14)10-3-1-2-4-12(10)17/h1-8,20H,(H,18,19). The molecule has 0 aliphatic rings. The number of nitrogens with zero attached hydrogens (tertiary/aromatic N) is 1. The molecule has 5 heteroatoms. The molecule has 1 aromatic heterocycles. The Labute approximate surface area is 119 Å². The van der Waals surface area contributed by atoms with Crippen molar-refractivity contribution in [1.29, 1.82) is 0 Å². The Morgan fingerprint density at radius 1 is 1.05 bits per heavy atom. The van der Waals surface area contributed by atoms with E-state index in [1.54, 1.807) is 36.4 Å². The lowest BCUT2D eigenvalue weighted by atomic mass is 10.1. The van der Waals surface area contributed by atoms with Crippen LogP contribution in [0.5, 0.6) is 5.75 Å². The number of halogens is 2. The number of phenols is 1. The highest BCUT2D eigenvalue weighted by molar-refractivity contribution is 6.30. The lowest BCUT2D eigenvalue weighted by Gasteiger charge is -2.01. The molecule has 3 aromatic rings. The van der Waals surface area contributed by atoms with Gasteiger partial charge in [0.15, 0.2) is 0 Å². The lowest BCUT2D eigenvalue weighted by molar-refractivity contribution is 0.477. The zero-order chi connectivity index (χ0) is 14.1. The second kappa shape index (κ2) is 4.98. The van der Waals surface area contributed by atoms with Crippen LogP contribution in [0.2, 0.25) is 5.02 Å². The maximum Gasteiger partial charge on any atom is 0.132 e. The van der Waals surface area contributed by atoms with Crippen molar-refractivity contribution in [2.24, 2.45) is 0 Å². The van der Waals surface area contributed by atoms with E-state index < -0.39 is 0 Å². The summed E-state index contributed by atoms with van der Waals surface area (Å²) in [6.07, 6.45) is 0.